The van der Waals surface area contributed by atoms with Crippen LogP contribution in [0.2, 0.25) is 5.02 Å². The first-order valence-electron chi connectivity index (χ1n) is 7.90. The largest absolute Gasteiger partial charge is 0.497 e. The maximum atomic E-state index is 12.7. The number of halogens is 1. The van der Waals surface area contributed by atoms with Crippen molar-refractivity contribution in [3.05, 3.63) is 69.4 Å². The minimum absolute atomic E-state index is 0.179. The minimum atomic E-state index is -0.245. The summed E-state index contributed by atoms with van der Waals surface area (Å²) in [6.45, 7) is 0. The summed E-state index contributed by atoms with van der Waals surface area (Å²) in [4.78, 5) is 13.2. The summed E-state index contributed by atoms with van der Waals surface area (Å²) in [6.07, 6.45) is 0. The maximum Gasteiger partial charge on any atom is 0.265 e. The number of carbonyl (C=O) groups excluding carboxylic acids is 1. The van der Waals surface area contributed by atoms with Gasteiger partial charge in [0.1, 0.15) is 10.6 Å². The Morgan fingerprint density at radius 3 is 2.88 bits per heavy atom. The molecule has 2 heterocycles. The van der Waals surface area contributed by atoms with Gasteiger partial charge in [0.2, 0.25) is 0 Å². The van der Waals surface area contributed by atoms with Crippen molar-refractivity contribution in [2.45, 2.75) is 5.50 Å². The molecule has 2 N–H and O–H groups in total. The third kappa shape index (κ3) is 3.28. The molecule has 0 bridgehead atoms. The number of hydrogen-bond acceptors (Lipinski definition) is 5. The van der Waals surface area contributed by atoms with Gasteiger partial charge in [-0.3, -0.25) is 4.79 Å². The predicted octanol–water partition coefficient (Wildman–Crippen LogP) is 4.91. The number of amides is 1. The van der Waals surface area contributed by atoms with Crippen LogP contribution < -0.4 is 15.4 Å². The summed E-state index contributed by atoms with van der Waals surface area (Å²) in [5, 5.41) is 9.70. The SMILES string of the molecule is COc1cccc(C2=CS[C@@H](NC(=O)c3sc4ccccc4c3Cl)N2)c1. The van der Waals surface area contributed by atoms with E-state index in [1.807, 2.05) is 53.9 Å². The van der Waals surface area contributed by atoms with Gasteiger partial charge in [0.25, 0.3) is 5.91 Å². The highest BCUT2D eigenvalue weighted by Crippen LogP contribution is 2.35. The Balaban J connectivity index is 1.47. The Hall–Kier alpha value is -2.15. The Morgan fingerprint density at radius 2 is 2.08 bits per heavy atom. The molecule has 26 heavy (non-hydrogen) atoms. The molecule has 0 radical (unpaired) electrons. The third-order valence-electron chi connectivity index (χ3n) is 3.99. The normalized spacial score (nSPS) is 16.2. The molecule has 2 aromatic carbocycles. The number of ether oxygens (including phenoxy) is 1. The summed E-state index contributed by atoms with van der Waals surface area (Å²) in [5.74, 6) is 0.612. The molecule has 1 amide bonds. The topological polar surface area (TPSA) is 50.4 Å². The van der Waals surface area contributed by atoms with Crippen LogP contribution in [0.5, 0.6) is 5.75 Å². The van der Waals surface area contributed by atoms with Crippen LogP contribution in [-0.2, 0) is 0 Å². The summed E-state index contributed by atoms with van der Waals surface area (Å²) < 4.78 is 6.27. The van der Waals surface area contributed by atoms with E-state index in [0.29, 0.717) is 9.90 Å². The second kappa shape index (κ2) is 7.23. The number of carbonyl (C=O) groups is 1. The molecule has 0 spiro atoms. The molecule has 1 aromatic heterocycles. The van der Waals surface area contributed by atoms with Crippen molar-refractivity contribution < 1.29 is 9.53 Å². The fraction of sp³-hybridized carbons (Fsp3) is 0.105. The Morgan fingerprint density at radius 1 is 1.23 bits per heavy atom. The molecule has 0 saturated carbocycles. The van der Waals surface area contributed by atoms with Crippen molar-refractivity contribution in [3.63, 3.8) is 0 Å². The summed E-state index contributed by atoms with van der Waals surface area (Å²) in [7, 11) is 1.64. The number of rotatable bonds is 4. The molecule has 1 aliphatic heterocycles. The molecule has 132 valence electrons. The molecule has 0 saturated heterocycles. The Bertz CT molecular complexity index is 1020. The van der Waals surface area contributed by atoms with E-state index < -0.39 is 0 Å². The fourth-order valence-corrected chi connectivity index (χ4v) is 4.97. The van der Waals surface area contributed by atoms with Crippen molar-refractivity contribution in [2.24, 2.45) is 0 Å². The highest BCUT2D eigenvalue weighted by atomic mass is 35.5. The summed E-state index contributed by atoms with van der Waals surface area (Å²) in [5.41, 5.74) is 1.71. The monoisotopic (exact) mass is 402 g/mol. The number of benzene rings is 2. The number of fused-ring (bicyclic) bond motifs is 1. The van der Waals surface area contributed by atoms with E-state index in [-0.39, 0.29) is 11.4 Å². The fourth-order valence-electron chi connectivity index (χ4n) is 2.70. The second-order valence-electron chi connectivity index (χ2n) is 5.64. The molecular weight excluding hydrogens is 388 g/mol. The highest BCUT2D eigenvalue weighted by Gasteiger charge is 2.23. The Kier molecular flexibility index (Phi) is 4.80. The first-order chi connectivity index (χ1) is 12.7. The van der Waals surface area contributed by atoms with Gasteiger partial charge in [-0.15, -0.1) is 11.3 Å². The second-order valence-corrected chi connectivity index (χ2v) is 8.05. The standard InChI is InChI=1S/C19H15ClN2O2S2/c1-24-12-6-4-5-11(9-12)14-10-25-19(21-14)22-18(23)17-16(20)13-7-2-3-8-15(13)26-17/h2-10,19,21H,1H3,(H,22,23)/t19-/m1/s1. The molecule has 1 aliphatic rings. The van der Waals surface area contributed by atoms with E-state index in [4.69, 9.17) is 16.3 Å². The molecule has 0 unspecified atom stereocenters. The van der Waals surface area contributed by atoms with Crippen molar-refractivity contribution in [1.29, 1.82) is 0 Å². The van der Waals surface area contributed by atoms with E-state index >= 15 is 0 Å². The van der Waals surface area contributed by atoms with Gasteiger partial charge < -0.3 is 15.4 Å². The van der Waals surface area contributed by atoms with Crippen LogP contribution in [0.3, 0.4) is 0 Å². The lowest BCUT2D eigenvalue weighted by Gasteiger charge is -2.15. The van der Waals surface area contributed by atoms with Crippen LogP contribution >= 0.6 is 34.7 Å². The first-order valence-corrected chi connectivity index (χ1v) is 10.0. The Labute approximate surface area is 164 Å². The third-order valence-corrected chi connectivity index (χ3v) is 6.55. The molecule has 0 fully saturated rings. The summed E-state index contributed by atoms with van der Waals surface area (Å²) >= 11 is 9.30. The van der Waals surface area contributed by atoms with Gasteiger partial charge >= 0.3 is 0 Å². The van der Waals surface area contributed by atoms with Gasteiger partial charge in [-0.1, -0.05) is 53.7 Å². The van der Waals surface area contributed by atoms with Gasteiger partial charge in [-0.05, 0) is 23.6 Å². The maximum absolute atomic E-state index is 12.7. The molecular formula is C19H15ClN2O2S2. The highest BCUT2D eigenvalue weighted by molar-refractivity contribution is 8.03. The van der Waals surface area contributed by atoms with Crippen molar-refractivity contribution >= 4 is 56.4 Å². The van der Waals surface area contributed by atoms with Crippen LogP contribution in [0.4, 0.5) is 0 Å². The minimum Gasteiger partial charge on any atom is -0.497 e. The number of hydrogen-bond donors (Lipinski definition) is 2. The molecule has 4 rings (SSSR count). The van der Waals surface area contributed by atoms with Crippen LogP contribution in [0.25, 0.3) is 15.8 Å². The van der Waals surface area contributed by atoms with E-state index in [1.54, 1.807) is 7.11 Å². The molecule has 1 atom stereocenters. The van der Waals surface area contributed by atoms with Gasteiger partial charge in [-0.25, -0.2) is 0 Å². The van der Waals surface area contributed by atoms with Gasteiger partial charge in [0.05, 0.1) is 17.8 Å². The van der Waals surface area contributed by atoms with Gasteiger partial charge in [-0.2, -0.15) is 0 Å². The lowest BCUT2D eigenvalue weighted by molar-refractivity contribution is 0.0952. The van der Waals surface area contributed by atoms with Crippen LogP contribution in [0.15, 0.2) is 53.9 Å². The quantitative estimate of drug-likeness (QED) is 0.650. The molecule has 3 aromatic rings. The van der Waals surface area contributed by atoms with Crippen LogP contribution in [-0.4, -0.2) is 18.5 Å². The van der Waals surface area contributed by atoms with E-state index in [2.05, 4.69) is 10.6 Å². The van der Waals surface area contributed by atoms with Crippen molar-refractivity contribution in [3.8, 4) is 5.75 Å². The molecule has 4 nitrogen and oxygen atoms in total. The molecule has 0 aliphatic carbocycles. The zero-order valence-electron chi connectivity index (χ0n) is 13.8. The van der Waals surface area contributed by atoms with Crippen molar-refractivity contribution in [1.82, 2.24) is 10.6 Å². The molecule has 7 heteroatoms. The van der Waals surface area contributed by atoms with E-state index in [0.717, 1.165) is 27.1 Å². The van der Waals surface area contributed by atoms with E-state index in [9.17, 15) is 4.79 Å². The lowest BCUT2D eigenvalue weighted by atomic mass is 10.1. The number of nitrogens with one attached hydrogen (secondary N) is 2. The van der Waals surface area contributed by atoms with Crippen LogP contribution in [0.1, 0.15) is 15.2 Å². The van der Waals surface area contributed by atoms with Gasteiger partial charge in [0, 0.05) is 15.6 Å². The van der Waals surface area contributed by atoms with Crippen molar-refractivity contribution in [2.75, 3.05) is 7.11 Å². The smallest absolute Gasteiger partial charge is 0.265 e. The van der Waals surface area contributed by atoms with E-state index in [1.165, 1.54) is 23.1 Å². The number of thioether (sulfide) groups is 1. The average Bonchev–Trinajstić information content (AvgIpc) is 3.27. The lowest BCUT2D eigenvalue weighted by Crippen LogP contribution is -2.39. The van der Waals surface area contributed by atoms with Gasteiger partial charge in [0.15, 0.2) is 5.50 Å². The number of thiophene rings is 1. The van der Waals surface area contributed by atoms with Crippen LogP contribution in [0, 0.1) is 0 Å². The zero-order chi connectivity index (χ0) is 18.1. The predicted molar refractivity (Wildman–Crippen MR) is 110 cm³/mol. The first kappa shape index (κ1) is 17.3. The zero-order valence-corrected chi connectivity index (χ0v) is 16.2. The summed E-state index contributed by atoms with van der Waals surface area (Å²) in [6, 6.07) is 15.5. The average molecular weight is 403 g/mol. The number of methoxy groups -OCH3 is 1.